The smallest absolute Gasteiger partial charge is 0.311 e. The van der Waals surface area contributed by atoms with Gasteiger partial charge in [-0.3, -0.25) is 14.9 Å². The van der Waals surface area contributed by atoms with E-state index in [9.17, 15) is 14.9 Å². The molecule has 2 aromatic carbocycles. The zero-order valence-corrected chi connectivity index (χ0v) is 14.4. The van der Waals surface area contributed by atoms with Crippen LogP contribution in [-0.2, 0) is 0 Å². The Balaban J connectivity index is 2.35. The van der Waals surface area contributed by atoms with Gasteiger partial charge in [0, 0.05) is 21.8 Å². The molecule has 0 saturated heterocycles. The summed E-state index contributed by atoms with van der Waals surface area (Å²) in [4.78, 5) is 22.9. The first-order valence-corrected chi connectivity index (χ1v) is 7.53. The van der Waals surface area contributed by atoms with Crippen molar-refractivity contribution >= 4 is 33.2 Å². The summed E-state index contributed by atoms with van der Waals surface area (Å²) < 4.78 is 5.85. The largest absolute Gasteiger partial charge is 0.490 e. The highest BCUT2D eigenvalue weighted by molar-refractivity contribution is 9.10. The number of methoxy groups -OCH3 is 1. The molecular weight excluding hydrogens is 364 g/mol. The predicted molar refractivity (Wildman–Crippen MR) is 91.2 cm³/mol. The van der Waals surface area contributed by atoms with Crippen LogP contribution < -0.4 is 10.1 Å². The number of nitro groups is 1. The van der Waals surface area contributed by atoms with E-state index < -0.39 is 10.8 Å². The number of carbonyl (C=O) groups is 1. The van der Waals surface area contributed by atoms with Crippen molar-refractivity contribution in [2.75, 3.05) is 12.4 Å². The SMILES string of the molecule is COc1ccc(C(=O)Nc2c(C)cc(Br)cc2C)cc1[N+](=O)[O-]. The number of anilines is 1. The molecule has 0 saturated carbocycles. The van der Waals surface area contributed by atoms with Crippen LogP contribution >= 0.6 is 15.9 Å². The summed E-state index contributed by atoms with van der Waals surface area (Å²) in [5.74, 6) is -0.299. The monoisotopic (exact) mass is 378 g/mol. The molecule has 0 atom stereocenters. The second-order valence-corrected chi connectivity index (χ2v) is 5.93. The molecule has 120 valence electrons. The number of halogens is 1. The van der Waals surface area contributed by atoms with Crippen molar-refractivity contribution in [1.82, 2.24) is 0 Å². The van der Waals surface area contributed by atoms with Crippen LogP contribution in [0.15, 0.2) is 34.8 Å². The Labute approximate surface area is 141 Å². The Morgan fingerprint density at radius 1 is 1.22 bits per heavy atom. The van der Waals surface area contributed by atoms with Gasteiger partial charge in [-0.05, 0) is 49.2 Å². The van der Waals surface area contributed by atoms with E-state index in [1.54, 1.807) is 0 Å². The van der Waals surface area contributed by atoms with Crippen LogP contribution in [0.5, 0.6) is 5.75 Å². The summed E-state index contributed by atoms with van der Waals surface area (Å²) >= 11 is 3.40. The Hall–Kier alpha value is -2.41. The zero-order chi connectivity index (χ0) is 17.1. The second-order valence-electron chi connectivity index (χ2n) is 5.01. The first kappa shape index (κ1) is 17.0. The summed E-state index contributed by atoms with van der Waals surface area (Å²) in [5, 5.41) is 13.9. The molecule has 1 N–H and O–H groups in total. The highest BCUT2D eigenvalue weighted by Crippen LogP contribution is 2.29. The highest BCUT2D eigenvalue weighted by Gasteiger charge is 2.19. The van der Waals surface area contributed by atoms with Gasteiger partial charge < -0.3 is 10.1 Å². The number of nitrogens with one attached hydrogen (secondary N) is 1. The van der Waals surface area contributed by atoms with E-state index in [4.69, 9.17) is 4.74 Å². The van der Waals surface area contributed by atoms with Gasteiger partial charge in [-0.2, -0.15) is 0 Å². The van der Waals surface area contributed by atoms with Crippen LogP contribution in [0.25, 0.3) is 0 Å². The van der Waals surface area contributed by atoms with E-state index in [1.165, 1.54) is 25.3 Å². The molecule has 2 aromatic rings. The molecule has 0 bridgehead atoms. The summed E-state index contributed by atoms with van der Waals surface area (Å²) in [6.45, 7) is 3.76. The minimum absolute atomic E-state index is 0.113. The Morgan fingerprint density at radius 3 is 2.35 bits per heavy atom. The van der Waals surface area contributed by atoms with Gasteiger partial charge >= 0.3 is 5.69 Å². The van der Waals surface area contributed by atoms with Crippen molar-refractivity contribution in [2.45, 2.75) is 13.8 Å². The number of hydrogen-bond acceptors (Lipinski definition) is 4. The molecular formula is C16H15BrN2O4. The van der Waals surface area contributed by atoms with Crippen LogP contribution in [0.2, 0.25) is 0 Å². The number of carbonyl (C=O) groups excluding carboxylic acids is 1. The van der Waals surface area contributed by atoms with Crippen molar-refractivity contribution in [2.24, 2.45) is 0 Å². The molecule has 0 unspecified atom stereocenters. The number of nitro benzene ring substituents is 1. The lowest BCUT2D eigenvalue weighted by Crippen LogP contribution is -2.14. The molecule has 0 heterocycles. The third-order valence-electron chi connectivity index (χ3n) is 3.37. The topological polar surface area (TPSA) is 81.5 Å². The van der Waals surface area contributed by atoms with Crippen molar-refractivity contribution in [3.8, 4) is 5.75 Å². The first-order chi connectivity index (χ1) is 10.8. The number of hydrogen-bond donors (Lipinski definition) is 1. The van der Waals surface area contributed by atoms with Gasteiger partial charge in [0.15, 0.2) is 5.75 Å². The van der Waals surface area contributed by atoms with Gasteiger partial charge in [0.05, 0.1) is 12.0 Å². The van der Waals surface area contributed by atoms with Gasteiger partial charge in [0.25, 0.3) is 5.91 Å². The van der Waals surface area contributed by atoms with Crippen molar-refractivity contribution in [1.29, 1.82) is 0 Å². The third kappa shape index (κ3) is 3.68. The number of aryl methyl sites for hydroxylation is 2. The van der Waals surface area contributed by atoms with Crippen LogP contribution in [0.1, 0.15) is 21.5 Å². The molecule has 0 aromatic heterocycles. The van der Waals surface area contributed by atoms with Crippen molar-refractivity contribution in [3.63, 3.8) is 0 Å². The maximum atomic E-state index is 12.4. The molecule has 2 rings (SSSR count). The van der Waals surface area contributed by atoms with E-state index in [-0.39, 0.29) is 17.0 Å². The molecule has 0 aliphatic heterocycles. The summed E-state index contributed by atoms with van der Waals surface area (Å²) in [7, 11) is 1.34. The van der Waals surface area contributed by atoms with Crippen LogP contribution in [-0.4, -0.2) is 17.9 Å². The quantitative estimate of drug-likeness (QED) is 0.637. The minimum Gasteiger partial charge on any atom is -0.490 e. The summed E-state index contributed by atoms with van der Waals surface area (Å²) in [6.07, 6.45) is 0. The molecule has 6 nitrogen and oxygen atoms in total. The number of rotatable bonds is 4. The van der Waals surface area contributed by atoms with E-state index >= 15 is 0 Å². The molecule has 0 aliphatic carbocycles. The van der Waals surface area contributed by atoms with Crippen LogP contribution in [0.4, 0.5) is 11.4 Å². The normalized spacial score (nSPS) is 10.3. The summed E-state index contributed by atoms with van der Waals surface area (Å²) in [6, 6.07) is 7.88. The van der Waals surface area contributed by atoms with E-state index in [0.717, 1.165) is 15.6 Å². The lowest BCUT2D eigenvalue weighted by Gasteiger charge is -2.12. The van der Waals surface area contributed by atoms with Gasteiger partial charge in [-0.25, -0.2) is 0 Å². The average Bonchev–Trinajstić information content (AvgIpc) is 2.49. The lowest BCUT2D eigenvalue weighted by atomic mass is 10.1. The summed E-state index contributed by atoms with van der Waals surface area (Å²) in [5.41, 5.74) is 2.43. The van der Waals surface area contributed by atoms with Gasteiger partial charge in [0.2, 0.25) is 0 Å². The maximum absolute atomic E-state index is 12.4. The second kappa shape index (κ2) is 6.78. The van der Waals surface area contributed by atoms with Crippen molar-refractivity contribution < 1.29 is 14.5 Å². The molecule has 1 amide bonds. The number of amides is 1. The van der Waals surface area contributed by atoms with Crippen LogP contribution in [0.3, 0.4) is 0 Å². The van der Waals surface area contributed by atoms with Crippen molar-refractivity contribution in [3.05, 3.63) is 61.6 Å². The predicted octanol–water partition coefficient (Wildman–Crippen LogP) is 4.24. The third-order valence-corrected chi connectivity index (χ3v) is 3.83. The fourth-order valence-electron chi connectivity index (χ4n) is 2.27. The Kier molecular flexibility index (Phi) is 5.00. The van der Waals surface area contributed by atoms with E-state index in [1.807, 2.05) is 26.0 Å². The minimum atomic E-state index is -0.578. The van der Waals surface area contributed by atoms with E-state index in [2.05, 4.69) is 21.2 Å². The number of ether oxygens (including phenoxy) is 1. The number of nitrogens with zero attached hydrogens (tertiary/aromatic N) is 1. The standard InChI is InChI=1S/C16H15BrN2O4/c1-9-6-12(17)7-10(2)15(9)18-16(20)11-4-5-14(23-3)13(8-11)19(21)22/h4-8H,1-3H3,(H,18,20). The molecule has 7 heteroatoms. The molecule has 23 heavy (non-hydrogen) atoms. The fraction of sp³-hybridized carbons (Fsp3) is 0.188. The average molecular weight is 379 g/mol. The Morgan fingerprint density at radius 2 is 1.83 bits per heavy atom. The van der Waals surface area contributed by atoms with E-state index in [0.29, 0.717) is 5.69 Å². The molecule has 0 fully saturated rings. The molecule has 0 aliphatic rings. The van der Waals surface area contributed by atoms with Gasteiger partial charge in [-0.1, -0.05) is 15.9 Å². The molecule has 0 spiro atoms. The fourth-order valence-corrected chi connectivity index (χ4v) is 2.95. The van der Waals surface area contributed by atoms with Crippen LogP contribution in [0, 0.1) is 24.0 Å². The van der Waals surface area contributed by atoms with Gasteiger partial charge in [-0.15, -0.1) is 0 Å². The van der Waals surface area contributed by atoms with Gasteiger partial charge in [0.1, 0.15) is 0 Å². The lowest BCUT2D eigenvalue weighted by molar-refractivity contribution is -0.385. The Bertz CT molecular complexity index is 767. The molecule has 0 radical (unpaired) electrons. The maximum Gasteiger partial charge on any atom is 0.311 e. The first-order valence-electron chi connectivity index (χ1n) is 6.74. The highest BCUT2D eigenvalue weighted by atomic mass is 79.9. The zero-order valence-electron chi connectivity index (χ0n) is 12.8. The number of benzene rings is 2.